The number of hydrogen-bond donors (Lipinski definition) is 3. The first-order valence-corrected chi connectivity index (χ1v) is 15.9. The Morgan fingerprint density at radius 2 is 1.54 bits per heavy atom. The first-order chi connectivity index (χ1) is 24.5. The van der Waals surface area contributed by atoms with Crippen molar-refractivity contribution in [3.8, 4) is 28.3 Å². The normalized spacial score (nSPS) is 10.9. The second-order valence-electron chi connectivity index (χ2n) is 11.5. The van der Waals surface area contributed by atoms with Crippen molar-refractivity contribution in [1.82, 2.24) is 29.8 Å². The Morgan fingerprint density at radius 1 is 0.780 bits per heavy atom. The van der Waals surface area contributed by atoms with E-state index in [9.17, 15) is 14.4 Å². The van der Waals surface area contributed by atoms with Crippen molar-refractivity contribution < 1.29 is 14.3 Å². The van der Waals surface area contributed by atoms with Gasteiger partial charge < -0.3 is 20.4 Å². The molecule has 0 bridgehead atoms. The van der Waals surface area contributed by atoms with Crippen LogP contribution in [0.1, 0.15) is 21.7 Å². The Bertz CT molecular complexity index is 2290. The fourth-order valence-electron chi connectivity index (χ4n) is 5.46. The minimum Gasteiger partial charge on any atom is -0.487 e. The Balaban J connectivity index is 1.12. The summed E-state index contributed by atoms with van der Waals surface area (Å²) in [5, 5.41) is 6.48. The predicted octanol–water partition coefficient (Wildman–Crippen LogP) is 6.00. The highest BCUT2D eigenvalue weighted by Crippen LogP contribution is 2.23. The Hall–Kier alpha value is -6.88. The van der Waals surface area contributed by atoms with Gasteiger partial charge in [0, 0.05) is 46.3 Å². The number of carbonyl (C=O) groups is 2. The lowest BCUT2D eigenvalue weighted by Gasteiger charge is -2.15. The number of amides is 2. The topological polar surface area (TPSA) is 144 Å². The molecule has 3 aromatic carbocycles. The molecule has 50 heavy (non-hydrogen) atoms. The van der Waals surface area contributed by atoms with E-state index in [-0.39, 0.29) is 24.6 Å². The van der Waals surface area contributed by atoms with Gasteiger partial charge in [0.2, 0.25) is 5.91 Å². The van der Waals surface area contributed by atoms with Crippen LogP contribution >= 0.6 is 0 Å². The summed E-state index contributed by atoms with van der Waals surface area (Å²) in [4.78, 5) is 56.6. The number of hydrogen-bond acceptors (Lipinski definition) is 7. The third-order valence-corrected chi connectivity index (χ3v) is 8.03. The highest BCUT2D eigenvalue weighted by molar-refractivity contribution is 6.04. The number of H-pyrrole nitrogens is 1. The lowest BCUT2D eigenvalue weighted by Crippen LogP contribution is -2.35. The maximum atomic E-state index is 13.9. The lowest BCUT2D eigenvalue weighted by atomic mass is 10.0. The summed E-state index contributed by atoms with van der Waals surface area (Å²) >= 11 is 0. The average Bonchev–Trinajstić information content (AvgIpc) is 3.59. The van der Waals surface area contributed by atoms with Gasteiger partial charge in [0.1, 0.15) is 30.4 Å². The van der Waals surface area contributed by atoms with Crippen LogP contribution in [0.25, 0.3) is 33.4 Å². The molecular weight excluding hydrogens is 630 g/mol. The molecule has 0 saturated carbocycles. The van der Waals surface area contributed by atoms with E-state index in [4.69, 9.17) is 4.74 Å². The van der Waals surface area contributed by atoms with Gasteiger partial charge in [-0.25, -0.2) is 4.98 Å². The van der Waals surface area contributed by atoms with E-state index in [0.29, 0.717) is 23.5 Å². The maximum absolute atomic E-state index is 13.9. The van der Waals surface area contributed by atoms with Gasteiger partial charge in [-0.3, -0.25) is 28.9 Å². The minimum absolute atomic E-state index is 0.0582. The van der Waals surface area contributed by atoms with Crippen molar-refractivity contribution in [1.29, 1.82) is 0 Å². The Kier molecular flexibility index (Phi) is 9.19. The molecule has 0 aliphatic rings. The Labute approximate surface area is 286 Å². The van der Waals surface area contributed by atoms with E-state index in [1.165, 1.54) is 10.8 Å². The van der Waals surface area contributed by atoms with Crippen LogP contribution in [-0.2, 0) is 24.5 Å². The summed E-state index contributed by atoms with van der Waals surface area (Å²) in [5.74, 6) is -0.0396. The molecule has 0 aliphatic carbocycles. The van der Waals surface area contributed by atoms with Crippen molar-refractivity contribution in [3.05, 3.63) is 161 Å². The molecular formula is C39H31N7O4. The highest BCUT2D eigenvalue weighted by atomic mass is 16.5. The maximum Gasteiger partial charge on any atom is 0.278 e. The number of pyridine rings is 2. The smallest absolute Gasteiger partial charge is 0.278 e. The van der Waals surface area contributed by atoms with Crippen LogP contribution in [0.4, 0.5) is 5.69 Å². The average molecular weight is 662 g/mol. The van der Waals surface area contributed by atoms with Gasteiger partial charge >= 0.3 is 0 Å². The lowest BCUT2D eigenvalue weighted by molar-refractivity contribution is -0.121. The number of rotatable bonds is 11. The summed E-state index contributed by atoms with van der Waals surface area (Å²) in [6.07, 6.45) is 6.44. The van der Waals surface area contributed by atoms with Crippen molar-refractivity contribution in [2.45, 2.75) is 19.7 Å². The van der Waals surface area contributed by atoms with Gasteiger partial charge in [0.15, 0.2) is 0 Å². The fourth-order valence-corrected chi connectivity index (χ4v) is 5.46. The molecule has 11 heteroatoms. The SMILES string of the molecule is O=C(Cn1c(-c2ccc(OCc3ccccn3)cc2)ncc(NC(=O)c2ccc(-c3ccccc3)cc2)c1=O)NCc1cc2cnccc2[nH]1. The van der Waals surface area contributed by atoms with E-state index in [0.717, 1.165) is 33.4 Å². The molecule has 0 spiro atoms. The van der Waals surface area contributed by atoms with Crippen molar-refractivity contribution >= 4 is 28.4 Å². The van der Waals surface area contributed by atoms with E-state index in [1.54, 1.807) is 55.0 Å². The number of aromatic amines is 1. The zero-order chi connectivity index (χ0) is 34.3. The molecule has 11 nitrogen and oxygen atoms in total. The zero-order valence-corrected chi connectivity index (χ0v) is 26.7. The fraction of sp³-hybridized carbons (Fsp3) is 0.0769. The second kappa shape index (κ2) is 14.5. The molecule has 7 rings (SSSR count). The highest BCUT2D eigenvalue weighted by Gasteiger charge is 2.18. The van der Waals surface area contributed by atoms with Gasteiger partial charge in [-0.1, -0.05) is 48.5 Å². The molecule has 7 aromatic rings. The molecule has 4 heterocycles. The number of benzene rings is 3. The standard InChI is InChI=1S/C39H31N7O4/c47-36(42-22-32-20-30-21-40-19-17-34(30)44-32)24-46-37(28-13-15-33(16-14-28)50-25-31-8-4-5-18-41-31)43-23-35(39(46)49)45-38(48)29-11-9-27(10-12-29)26-6-2-1-3-7-26/h1-21,23,44H,22,24-25H2,(H,42,47)(H,45,48). The van der Waals surface area contributed by atoms with Gasteiger partial charge in [-0.05, 0) is 71.8 Å². The number of fused-ring (bicyclic) bond motifs is 1. The third kappa shape index (κ3) is 7.32. The molecule has 2 amide bonds. The summed E-state index contributed by atoms with van der Waals surface area (Å²) < 4.78 is 7.12. The van der Waals surface area contributed by atoms with E-state index in [1.807, 2.05) is 72.8 Å². The summed E-state index contributed by atoms with van der Waals surface area (Å²) in [5.41, 5.74) is 4.76. The molecule has 0 unspecified atom stereocenters. The summed E-state index contributed by atoms with van der Waals surface area (Å²) in [6.45, 7) is 0.165. The van der Waals surface area contributed by atoms with Crippen molar-refractivity contribution in [3.63, 3.8) is 0 Å². The first-order valence-electron chi connectivity index (χ1n) is 15.9. The second-order valence-corrected chi connectivity index (χ2v) is 11.5. The number of ether oxygens (including phenoxy) is 1. The van der Waals surface area contributed by atoms with Crippen LogP contribution < -0.4 is 20.9 Å². The van der Waals surface area contributed by atoms with E-state index >= 15 is 0 Å². The van der Waals surface area contributed by atoms with E-state index in [2.05, 4.69) is 30.6 Å². The van der Waals surface area contributed by atoms with E-state index < -0.39 is 17.4 Å². The molecule has 0 atom stereocenters. The number of aromatic nitrogens is 5. The number of carbonyl (C=O) groups excluding carboxylic acids is 2. The van der Waals surface area contributed by atoms with Gasteiger partial charge in [-0.2, -0.15) is 0 Å². The molecule has 0 fully saturated rings. The van der Waals surface area contributed by atoms with Crippen LogP contribution in [0, 0.1) is 0 Å². The van der Waals surface area contributed by atoms with Crippen LogP contribution in [0.5, 0.6) is 5.75 Å². The monoisotopic (exact) mass is 661 g/mol. The van der Waals surface area contributed by atoms with Crippen LogP contribution in [0.15, 0.2) is 139 Å². The van der Waals surface area contributed by atoms with Crippen LogP contribution in [-0.4, -0.2) is 36.3 Å². The van der Waals surface area contributed by atoms with Gasteiger partial charge in [-0.15, -0.1) is 0 Å². The molecule has 3 N–H and O–H groups in total. The Morgan fingerprint density at radius 3 is 2.30 bits per heavy atom. The van der Waals surface area contributed by atoms with Crippen molar-refractivity contribution in [2.24, 2.45) is 0 Å². The van der Waals surface area contributed by atoms with Crippen LogP contribution in [0.2, 0.25) is 0 Å². The number of nitrogens with zero attached hydrogens (tertiary/aromatic N) is 4. The molecule has 246 valence electrons. The third-order valence-electron chi connectivity index (χ3n) is 8.03. The van der Waals surface area contributed by atoms with Gasteiger partial charge in [0.25, 0.3) is 11.5 Å². The van der Waals surface area contributed by atoms with Gasteiger partial charge in [0.05, 0.1) is 18.4 Å². The molecule has 4 aromatic heterocycles. The largest absolute Gasteiger partial charge is 0.487 e. The zero-order valence-electron chi connectivity index (χ0n) is 26.7. The first kappa shape index (κ1) is 31.7. The molecule has 0 saturated heterocycles. The summed E-state index contributed by atoms with van der Waals surface area (Å²) in [7, 11) is 0. The van der Waals surface area contributed by atoms with Crippen molar-refractivity contribution in [2.75, 3.05) is 5.32 Å². The minimum atomic E-state index is -0.577. The molecule has 0 aliphatic heterocycles. The van der Waals surface area contributed by atoms with Crippen LogP contribution in [0.3, 0.4) is 0 Å². The quantitative estimate of drug-likeness (QED) is 0.154. The summed E-state index contributed by atoms with van der Waals surface area (Å²) in [6, 6.07) is 33.3. The predicted molar refractivity (Wildman–Crippen MR) is 190 cm³/mol. The number of anilines is 1. The number of nitrogens with one attached hydrogen (secondary N) is 3. The molecule has 0 radical (unpaired) electrons.